The first-order valence-electron chi connectivity index (χ1n) is 10.5. The summed E-state index contributed by atoms with van der Waals surface area (Å²) in [6.45, 7) is 2.45. The normalized spacial score (nSPS) is 20.7. The van der Waals surface area contributed by atoms with Crippen molar-refractivity contribution in [3.63, 3.8) is 0 Å². The highest BCUT2D eigenvalue weighted by Gasteiger charge is 2.39. The maximum Gasteiger partial charge on any atom is 0.225 e. The van der Waals surface area contributed by atoms with E-state index in [1.807, 2.05) is 49.4 Å². The van der Waals surface area contributed by atoms with Gasteiger partial charge in [-0.05, 0) is 43.0 Å². The van der Waals surface area contributed by atoms with E-state index in [1.165, 1.54) is 0 Å². The Kier molecular flexibility index (Phi) is 5.98. The van der Waals surface area contributed by atoms with Gasteiger partial charge < -0.3 is 19.5 Å². The van der Waals surface area contributed by atoms with Crippen LogP contribution in [0.25, 0.3) is 0 Å². The van der Waals surface area contributed by atoms with Gasteiger partial charge in [0.25, 0.3) is 0 Å². The fourth-order valence-electron chi connectivity index (χ4n) is 4.62. The lowest BCUT2D eigenvalue weighted by atomic mass is 9.73. The number of amides is 1. The molecular weight excluding hydrogens is 394 g/mol. The molecule has 0 spiro atoms. The third kappa shape index (κ3) is 4.02. The SMILES string of the molecule is CCOc1ccccc1[C@@H]1CC(=O)NC2=C1C(=O)C[C@@H](c1ccc(OC)c(OC)c1)C2. The molecule has 1 aliphatic heterocycles. The number of rotatable bonds is 6. The van der Waals surface area contributed by atoms with E-state index in [0.29, 0.717) is 36.5 Å². The molecule has 0 radical (unpaired) electrons. The van der Waals surface area contributed by atoms with Gasteiger partial charge in [0.1, 0.15) is 5.75 Å². The molecule has 0 aromatic heterocycles. The van der Waals surface area contributed by atoms with E-state index in [2.05, 4.69) is 5.32 Å². The van der Waals surface area contributed by atoms with Crippen molar-refractivity contribution < 1.29 is 23.8 Å². The minimum Gasteiger partial charge on any atom is -0.494 e. The molecule has 1 aliphatic carbocycles. The smallest absolute Gasteiger partial charge is 0.225 e. The molecule has 0 saturated carbocycles. The molecule has 0 unspecified atom stereocenters. The Morgan fingerprint density at radius 1 is 0.935 bits per heavy atom. The van der Waals surface area contributed by atoms with Gasteiger partial charge in [0, 0.05) is 35.6 Å². The molecule has 6 heteroatoms. The predicted molar refractivity (Wildman–Crippen MR) is 117 cm³/mol. The maximum absolute atomic E-state index is 13.3. The molecule has 6 nitrogen and oxygen atoms in total. The monoisotopic (exact) mass is 421 g/mol. The van der Waals surface area contributed by atoms with Crippen LogP contribution >= 0.6 is 0 Å². The first kappa shape index (κ1) is 21.0. The summed E-state index contributed by atoms with van der Waals surface area (Å²) in [5, 5.41) is 2.97. The number of ether oxygens (including phenoxy) is 3. The van der Waals surface area contributed by atoms with Crippen LogP contribution in [-0.4, -0.2) is 32.5 Å². The van der Waals surface area contributed by atoms with Crippen molar-refractivity contribution in [2.45, 2.75) is 38.0 Å². The fourth-order valence-corrected chi connectivity index (χ4v) is 4.62. The number of carbonyl (C=O) groups excluding carboxylic acids is 2. The summed E-state index contributed by atoms with van der Waals surface area (Å²) in [7, 11) is 3.19. The van der Waals surface area contributed by atoms with Crippen LogP contribution in [0.5, 0.6) is 17.2 Å². The first-order chi connectivity index (χ1) is 15.0. The highest BCUT2D eigenvalue weighted by atomic mass is 16.5. The Morgan fingerprint density at radius 3 is 2.45 bits per heavy atom. The Morgan fingerprint density at radius 2 is 1.71 bits per heavy atom. The Balaban J connectivity index is 1.70. The average Bonchev–Trinajstić information content (AvgIpc) is 2.78. The molecule has 0 bridgehead atoms. The standard InChI is InChI=1S/C25H27NO5/c1-4-31-21-8-6-5-7-17(21)18-14-24(28)26-19-11-16(12-20(27)25(18)19)15-9-10-22(29-2)23(13-15)30-3/h5-10,13,16,18H,4,11-12,14H2,1-3H3,(H,26,28)/t16-,18-/m0/s1. The number of allylic oxidation sites excluding steroid dienone is 2. The summed E-state index contributed by atoms with van der Waals surface area (Å²) in [5.74, 6) is 1.67. The lowest BCUT2D eigenvalue weighted by Crippen LogP contribution is -2.38. The predicted octanol–water partition coefficient (Wildman–Crippen LogP) is 4.11. The van der Waals surface area contributed by atoms with Crippen LogP contribution in [0.2, 0.25) is 0 Å². The number of hydrogen-bond donors (Lipinski definition) is 1. The second-order valence-electron chi connectivity index (χ2n) is 7.81. The molecule has 2 aromatic rings. The Labute approximate surface area is 182 Å². The zero-order valence-corrected chi connectivity index (χ0v) is 18.1. The van der Waals surface area contributed by atoms with Gasteiger partial charge in [-0.3, -0.25) is 9.59 Å². The number of benzene rings is 2. The van der Waals surface area contributed by atoms with Crippen molar-refractivity contribution in [1.29, 1.82) is 0 Å². The zero-order valence-electron chi connectivity index (χ0n) is 18.1. The van der Waals surface area contributed by atoms with Crippen molar-refractivity contribution in [2.75, 3.05) is 20.8 Å². The van der Waals surface area contributed by atoms with E-state index in [-0.39, 0.29) is 29.9 Å². The number of carbonyl (C=O) groups is 2. The molecular formula is C25H27NO5. The van der Waals surface area contributed by atoms with Gasteiger partial charge in [0.05, 0.1) is 20.8 Å². The summed E-state index contributed by atoms with van der Waals surface area (Å²) < 4.78 is 16.5. The second kappa shape index (κ2) is 8.84. The average molecular weight is 421 g/mol. The maximum atomic E-state index is 13.3. The number of Topliss-reactive ketones (excluding diaryl/α,β-unsaturated/α-hetero) is 1. The molecule has 162 valence electrons. The second-order valence-corrected chi connectivity index (χ2v) is 7.81. The van der Waals surface area contributed by atoms with Crippen LogP contribution in [0.3, 0.4) is 0 Å². The number of nitrogens with one attached hydrogen (secondary N) is 1. The van der Waals surface area contributed by atoms with Gasteiger partial charge in [-0.15, -0.1) is 0 Å². The van der Waals surface area contributed by atoms with Crippen LogP contribution in [0.15, 0.2) is 53.7 Å². The van der Waals surface area contributed by atoms with Crippen LogP contribution in [0.4, 0.5) is 0 Å². The number of para-hydroxylation sites is 1. The Hall–Kier alpha value is -3.28. The van der Waals surface area contributed by atoms with Gasteiger partial charge in [0.15, 0.2) is 17.3 Å². The summed E-state index contributed by atoms with van der Waals surface area (Å²) in [4.78, 5) is 25.9. The van der Waals surface area contributed by atoms with E-state index in [4.69, 9.17) is 14.2 Å². The summed E-state index contributed by atoms with van der Waals surface area (Å²) in [6.07, 6.45) is 1.22. The van der Waals surface area contributed by atoms with Crippen molar-refractivity contribution in [2.24, 2.45) is 0 Å². The number of ketones is 1. The third-order valence-electron chi connectivity index (χ3n) is 6.01. The van der Waals surface area contributed by atoms with E-state index in [0.717, 1.165) is 22.6 Å². The Bertz CT molecular complexity index is 1040. The molecule has 4 rings (SSSR count). The summed E-state index contributed by atoms with van der Waals surface area (Å²) >= 11 is 0. The first-order valence-corrected chi connectivity index (χ1v) is 10.5. The fraction of sp³-hybridized carbons (Fsp3) is 0.360. The van der Waals surface area contributed by atoms with Crippen LogP contribution in [0.1, 0.15) is 49.1 Å². The molecule has 0 saturated heterocycles. The van der Waals surface area contributed by atoms with E-state index in [1.54, 1.807) is 14.2 Å². The summed E-state index contributed by atoms with van der Waals surface area (Å²) in [5.41, 5.74) is 3.32. The highest BCUT2D eigenvalue weighted by Crippen LogP contribution is 2.45. The topological polar surface area (TPSA) is 73.9 Å². The third-order valence-corrected chi connectivity index (χ3v) is 6.01. The van der Waals surface area contributed by atoms with Crippen molar-refractivity contribution >= 4 is 11.7 Å². The van der Waals surface area contributed by atoms with Crippen LogP contribution < -0.4 is 19.5 Å². The zero-order chi connectivity index (χ0) is 22.0. The minimum absolute atomic E-state index is 0.0350. The van der Waals surface area contributed by atoms with Crippen molar-refractivity contribution in [1.82, 2.24) is 5.32 Å². The highest BCUT2D eigenvalue weighted by molar-refractivity contribution is 6.02. The molecule has 2 aromatic carbocycles. The van der Waals surface area contributed by atoms with Gasteiger partial charge in [-0.2, -0.15) is 0 Å². The van der Waals surface area contributed by atoms with Crippen molar-refractivity contribution in [3.05, 3.63) is 64.9 Å². The van der Waals surface area contributed by atoms with E-state index in [9.17, 15) is 9.59 Å². The quantitative estimate of drug-likeness (QED) is 0.760. The van der Waals surface area contributed by atoms with Gasteiger partial charge >= 0.3 is 0 Å². The molecule has 1 amide bonds. The number of hydrogen-bond acceptors (Lipinski definition) is 5. The molecule has 2 atom stereocenters. The van der Waals surface area contributed by atoms with E-state index < -0.39 is 0 Å². The molecule has 1 heterocycles. The molecule has 2 aliphatic rings. The van der Waals surface area contributed by atoms with Gasteiger partial charge in [0.2, 0.25) is 5.91 Å². The lowest BCUT2D eigenvalue weighted by molar-refractivity contribution is -0.122. The van der Waals surface area contributed by atoms with Crippen molar-refractivity contribution in [3.8, 4) is 17.2 Å². The summed E-state index contributed by atoms with van der Waals surface area (Å²) in [6, 6.07) is 13.4. The van der Waals surface area contributed by atoms with E-state index >= 15 is 0 Å². The van der Waals surface area contributed by atoms with Crippen LogP contribution in [-0.2, 0) is 9.59 Å². The largest absolute Gasteiger partial charge is 0.494 e. The van der Waals surface area contributed by atoms with Crippen LogP contribution in [0, 0.1) is 0 Å². The molecule has 0 fully saturated rings. The molecule has 1 N–H and O–H groups in total. The number of methoxy groups -OCH3 is 2. The van der Waals surface area contributed by atoms with Gasteiger partial charge in [-0.25, -0.2) is 0 Å². The lowest BCUT2D eigenvalue weighted by Gasteiger charge is -2.35. The van der Waals surface area contributed by atoms with Gasteiger partial charge in [-0.1, -0.05) is 24.3 Å². The molecule has 31 heavy (non-hydrogen) atoms. The minimum atomic E-state index is -0.287.